The topological polar surface area (TPSA) is 98.1 Å². The Balaban J connectivity index is 1.90. The predicted octanol–water partition coefficient (Wildman–Crippen LogP) is 0.407. The Morgan fingerprint density at radius 1 is 1.20 bits per heavy atom. The van der Waals surface area contributed by atoms with E-state index in [1.54, 1.807) is 42.5 Å². The number of pyridine rings is 1. The van der Waals surface area contributed by atoms with E-state index in [1.165, 1.54) is 0 Å². The summed E-state index contributed by atoms with van der Waals surface area (Å²) in [4.78, 5) is 31.8. The van der Waals surface area contributed by atoms with Gasteiger partial charge in [-0.3, -0.25) is 9.36 Å². The summed E-state index contributed by atoms with van der Waals surface area (Å²) in [6.45, 7) is 2.67. The maximum absolute atomic E-state index is 11.9. The number of nitrogens with one attached hydrogen (secondary N) is 1. The Kier molecular flexibility index (Phi) is 3.98. The number of imidazole rings is 1. The van der Waals surface area contributed by atoms with Crippen molar-refractivity contribution in [2.24, 2.45) is 0 Å². The Hall–Kier alpha value is -3.07. The van der Waals surface area contributed by atoms with Crippen molar-refractivity contribution in [3.63, 3.8) is 0 Å². The number of carbonyl (C=O) groups excluding carboxylic acids is 1. The highest BCUT2D eigenvalue weighted by atomic mass is 16.5. The number of hydrogen-bond donors (Lipinski definition) is 1. The molecule has 4 rings (SSSR count). The Morgan fingerprint density at radius 3 is 2.76 bits per heavy atom. The van der Waals surface area contributed by atoms with Gasteiger partial charge in [0.2, 0.25) is 5.95 Å². The van der Waals surface area contributed by atoms with Gasteiger partial charge >= 0.3 is 0 Å². The first-order valence-corrected chi connectivity index (χ1v) is 7.98. The van der Waals surface area contributed by atoms with E-state index in [0.717, 1.165) is 0 Å². The molecule has 0 aromatic carbocycles. The zero-order chi connectivity index (χ0) is 17.2. The summed E-state index contributed by atoms with van der Waals surface area (Å²) in [6, 6.07) is 3.45. The molecule has 1 saturated heterocycles. The summed E-state index contributed by atoms with van der Waals surface area (Å²) < 4.78 is 7.18. The number of morpholine rings is 1. The molecule has 128 valence electrons. The minimum atomic E-state index is -0.242. The third-order valence-electron chi connectivity index (χ3n) is 4.02. The van der Waals surface area contributed by atoms with E-state index in [4.69, 9.17) is 4.74 Å². The van der Waals surface area contributed by atoms with Crippen molar-refractivity contribution < 1.29 is 9.53 Å². The minimum absolute atomic E-state index is 0.242. The smallest absolute Gasteiger partial charge is 0.269 e. The third kappa shape index (κ3) is 2.89. The van der Waals surface area contributed by atoms with Gasteiger partial charge in [-0.25, -0.2) is 15.0 Å². The van der Waals surface area contributed by atoms with Crippen LogP contribution < -0.4 is 10.2 Å². The summed E-state index contributed by atoms with van der Waals surface area (Å²) in [5.41, 5.74) is 1.61. The molecule has 3 aromatic heterocycles. The number of ether oxygens (including phenoxy) is 1. The third-order valence-corrected chi connectivity index (χ3v) is 4.02. The van der Waals surface area contributed by atoms with Crippen LogP contribution >= 0.6 is 0 Å². The second-order valence-electron chi connectivity index (χ2n) is 5.56. The maximum atomic E-state index is 11.9. The van der Waals surface area contributed by atoms with Gasteiger partial charge in [0.25, 0.3) is 5.91 Å². The average Bonchev–Trinajstić information content (AvgIpc) is 3.21. The number of fused-ring (bicyclic) bond motifs is 1. The van der Waals surface area contributed by atoms with Gasteiger partial charge in [-0.1, -0.05) is 0 Å². The van der Waals surface area contributed by atoms with E-state index >= 15 is 0 Å². The van der Waals surface area contributed by atoms with Crippen molar-refractivity contribution in [1.82, 2.24) is 29.8 Å². The summed E-state index contributed by atoms with van der Waals surface area (Å²) in [5.74, 6) is 0.970. The molecule has 0 radical (unpaired) electrons. The Labute approximate surface area is 143 Å². The monoisotopic (exact) mass is 339 g/mol. The molecule has 0 atom stereocenters. The van der Waals surface area contributed by atoms with E-state index in [2.05, 4.69) is 30.2 Å². The van der Waals surface area contributed by atoms with Gasteiger partial charge in [0.1, 0.15) is 17.5 Å². The van der Waals surface area contributed by atoms with E-state index in [0.29, 0.717) is 54.8 Å². The number of aromatic nitrogens is 5. The van der Waals surface area contributed by atoms with Gasteiger partial charge < -0.3 is 15.0 Å². The van der Waals surface area contributed by atoms with E-state index in [1.807, 2.05) is 0 Å². The summed E-state index contributed by atoms with van der Waals surface area (Å²) in [6.07, 6.45) is 5.11. The molecular formula is C16H17N7O2. The van der Waals surface area contributed by atoms with E-state index in [-0.39, 0.29) is 5.91 Å². The van der Waals surface area contributed by atoms with Gasteiger partial charge in [0, 0.05) is 32.5 Å². The van der Waals surface area contributed by atoms with Crippen LogP contribution in [0.2, 0.25) is 0 Å². The molecule has 0 saturated carbocycles. The highest BCUT2D eigenvalue weighted by molar-refractivity contribution is 5.96. The summed E-state index contributed by atoms with van der Waals surface area (Å²) in [7, 11) is 1.58. The Morgan fingerprint density at radius 2 is 2.04 bits per heavy atom. The summed E-state index contributed by atoms with van der Waals surface area (Å²) >= 11 is 0. The van der Waals surface area contributed by atoms with Crippen molar-refractivity contribution in [3.8, 4) is 5.95 Å². The number of amides is 1. The van der Waals surface area contributed by atoms with Gasteiger partial charge in [-0.2, -0.15) is 4.98 Å². The lowest BCUT2D eigenvalue weighted by molar-refractivity contribution is 0.0958. The Bertz CT molecular complexity index is 904. The van der Waals surface area contributed by atoms with Crippen LogP contribution in [0.15, 0.2) is 30.9 Å². The molecule has 1 amide bonds. The van der Waals surface area contributed by atoms with Crippen molar-refractivity contribution in [1.29, 1.82) is 0 Å². The molecule has 3 aromatic rings. The van der Waals surface area contributed by atoms with E-state index < -0.39 is 0 Å². The molecular weight excluding hydrogens is 322 g/mol. The average molecular weight is 339 g/mol. The van der Waals surface area contributed by atoms with Crippen molar-refractivity contribution in [2.45, 2.75) is 0 Å². The molecule has 0 spiro atoms. The molecule has 1 N–H and O–H groups in total. The van der Waals surface area contributed by atoms with Crippen LogP contribution in [-0.4, -0.2) is 63.8 Å². The van der Waals surface area contributed by atoms with Crippen LogP contribution in [0.5, 0.6) is 0 Å². The number of carbonyl (C=O) groups is 1. The van der Waals surface area contributed by atoms with Crippen LogP contribution in [0, 0.1) is 0 Å². The zero-order valence-electron chi connectivity index (χ0n) is 13.7. The fourth-order valence-electron chi connectivity index (χ4n) is 2.73. The molecule has 1 aliphatic rings. The molecule has 1 aliphatic heterocycles. The molecule has 9 heteroatoms. The maximum Gasteiger partial charge on any atom is 0.269 e. The first-order chi connectivity index (χ1) is 12.3. The number of anilines is 1. The normalized spacial score (nSPS) is 14.7. The van der Waals surface area contributed by atoms with Crippen LogP contribution in [0.4, 0.5) is 5.82 Å². The van der Waals surface area contributed by atoms with E-state index in [9.17, 15) is 4.79 Å². The molecule has 0 unspecified atom stereocenters. The molecule has 0 aliphatic carbocycles. The molecule has 9 nitrogen and oxygen atoms in total. The largest absolute Gasteiger partial charge is 0.378 e. The lowest BCUT2D eigenvalue weighted by atomic mass is 10.2. The standard InChI is InChI=1S/C16H17N7O2/c1-17-15(24)12-3-2-11-13(19-12)14(22-6-8-25-9-7-22)21-16(20-11)23-5-4-18-10-23/h2-5,10H,6-9H2,1H3,(H,17,24). The van der Waals surface area contributed by atoms with Crippen LogP contribution in [0.1, 0.15) is 10.5 Å². The quantitative estimate of drug-likeness (QED) is 0.738. The first-order valence-electron chi connectivity index (χ1n) is 7.98. The van der Waals surface area contributed by atoms with Crippen LogP contribution in [0.3, 0.4) is 0 Å². The van der Waals surface area contributed by atoms with Gasteiger partial charge in [-0.05, 0) is 12.1 Å². The molecule has 4 heterocycles. The number of hydrogen-bond acceptors (Lipinski definition) is 7. The number of nitrogens with zero attached hydrogens (tertiary/aromatic N) is 6. The van der Waals surface area contributed by atoms with Gasteiger partial charge in [-0.15, -0.1) is 0 Å². The fourth-order valence-corrected chi connectivity index (χ4v) is 2.73. The summed E-state index contributed by atoms with van der Waals surface area (Å²) in [5, 5.41) is 2.59. The minimum Gasteiger partial charge on any atom is -0.378 e. The zero-order valence-corrected chi connectivity index (χ0v) is 13.7. The molecule has 1 fully saturated rings. The second kappa shape index (κ2) is 6.44. The van der Waals surface area contributed by atoms with Crippen LogP contribution in [-0.2, 0) is 4.74 Å². The lowest BCUT2D eigenvalue weighted by Crippen LogP contribution is -2.37. The predicted molar refractivity (Wildman–Crippen MR) is 90.9 cm³/mol. The van der Waals surface area contributed by atoms with Gasteiger partial charge in [0.15, 0.2) is 5.82 Å². The molecule has 25 heavy (non-hydrogen) atoms. The van der Waals surface area contributed by atoms with Crippen molar-refractivity contribution in [3.05, 3.63) is 36.5 Å². The van der Waals surface area contributed by atoms with Crippen LogP contribution in [0.25, 0.3) is 17.0 Å². The first kappa shape index (κ1) is 15.5. The second-order valence-corrected chi connectivity index (χ2v) is 5.56. The lowest BCUT2D eigenvalue weighted by Gasteiger charge is -2.28. The molecule has 0 bridgehead atoms. The van der Waals surface area contributed by atoms with Crippen molar-refractivity contribution >= 4 is 22.8 Å². The van der Waals surface area contributed by atoms with Gasteiger partial charge in [0.05, 0.1) is 18.7 Å². The van der Waals surface area contributed by atoms with Crippen molar-refractivity contribution in [2.75, 3.05) is 38.3 Å². The highest BCUT2D eigenvalue weighted by Crippen LogP contribution is 2.24. The fraction of sp³-hybridized carbons (Fsp3) is 0.312. The SMILES string of the molecule is CNC(=O)c1ccc2nc(-n3ccnc3)nc(N3CCOCC3)c2n1. The number of rotatable bonds is 3. The highest BCUT2D eigenvalue weighted by Gasteiger charge is 2.20.